The number of hydrogen-bond donors (Lipinski definition) is 2. The summed E-state index contributed by atoms with van der Waals surface area (Å²) in [7, 11) is 0. The first kappa shape index (κ1) is 9.47. The van der Waals surface area contributed by atoms with Gasteiger partial charge in [0.2, 0.25) is 0 Å². The third kappa shape index (κ3) is 1.50. The molecule has 0 spiro atoms. The zero-order valence-corrected chi connectivity index (χ0v) is 8.58. The van der Waals surface area contributed by atoms with Gasteiger partial charge in [0.15, 0.2) is 0 Å². The molecule has 76 valence electrons. The molecular weight excluding hydrogens is 164 g/mol. The Morgan fingerprint density at radius 3 is 1.69 bits per heavy atom. The van der Waals surface area contributed by atoms with Gasteiger partial charge < -0.3 is 10.2 Å². The third-order valence-electron chi connectivity index (χ3n) is 4.33. The van der Waals surface area contributed by atoms with Crippen LogP contribution in [0.3, 0.4) is 0 Å². The minimum atomic E-state index is -0.465. The highest BCUT2D eigenvalue weighted by Gasteiger charge is 2.47. The summed E-state index contributed by atoms with van der Waals surface area (Å²) in [6.07, 6.45) is 4.70. The van der Waals surface area contributed by atoms with Crippen molar-refractivity contribution >= 4 is 0 Å². The molecule has 2 fully saturated rings. The van der Waals surface area contributed by atoms with Crippen LogP contribution < -0.4 is 0 Å². The van der Waals surface area contributed by atoms with Crippen molar-refractivity contribution < 1.29 is 10.2 Å². The van der Waals surface area contributed by atoms with E-state index in [-0.39, 0.29) is 0 Å². The Balaban J connectivity index is 2.14. The van der Waals surface area contributed by atoms with Gasteiger partial charge in [-0.1, -0.05) is 0 Å². The van der Waals surface area contributed by atoms with E-state index in [4.69, 9.17) is 0 Å². The summed E-state index contributed by atoms with van der Waals surface area (Å²) in [6.45, 7) is 3.90. The molecule has 0 aliphatic heterocycles. The molecule has 13 heavy (non-hydrogen) atoms. The minimum absolute atomic E-state index is 0.423. The van der Waals surface area contributed by atoms with Crippen LogP contribution in [0.4, 0.5) is 0 Å². The van der Waals surface area contributed by atoms with E-state index in [1.54, 1.807) is 0 Å². The van der Waals surface area contributed by atoms with E-state index in [1.807, 2.05) is 13.8 Å². The highest BCUT2D eigenvalue weighted by Crippen LogP contribution is 2.49. The molecule has 2 nitrogen and oxygen atoms in total. The normalized spacial score (nSPS) is 56.3. The second-order valence-corrected chi connectivity index (χ2v) is 5.42. The molecule has 2 saturated carbocycles. The lowest BCUT2D eigenvalue weighted by Crippen LogP contribution is -2.51. The maximum absolute atomic E-state index is 10.1. The fourth-order valence-electron chi connectivity index (χ4n) is 3.05. The summed E-state index contributed by atoms with van der Waals surface area (Å²) in [4.78, 5) is 0. The van der Waals surface area contributed by atoms with Crippen LogP contribution >= 0.6 is 0 Å². The molecule has 0 saturated heterocycles. The van der Waals surface area contributed by atoms with Crippen LogP contribution in [0.5, 0.6) is 0 Å². The Morgan fingerprint density at radius 2 is 1.31 bits per heavy atom. The van der Waals surface area contributed by atoms with Gasteiger partial charge in [0.25, 0.3) is 0 Å². The van der Waals surface area contributed by atoms with E-state index in [9.17, 15) is 10.2 Å². The Labute approximate surface area is 80.0 Å². The van der Waals surface area contributed by atoms with Crippen LogP contribution in [-0.2, 0) is 0 Å². The third-order valence-corrected chi connectivity index (χ3v) is 4.33. The SMILES string of the molecule is C[C@@]1(O)CC[C@H]2C[C@@H]1CC[C@@]2(C)O. The van der Waals surface area contributed by atoms with E-state index in [2.05, 4.69) is 0 Å². The van der Waals surface area contributed by atoms with Crippen molar-refractivity contribution in [1.29, 1.82) is 0 Å². The van der Waals surface area contributed by atoms with Crippen molar-refractivity contribution in [3.8, 4) is 0 Å². The van der Waals surface area contributed by atoms with Gasteiger partial charge in [-0.3, -0.25) is 0 Å². The monoisotopic (exact) mass is 184 g/mol. The summed E-state index contributed by atoms with van der Waals surface area (Å²) >= 11 is 0. The van der Waals surface area contributed by atoms with Gasteiger partial charge in [-0.25, -0.2) is 0 Å². The average Bonchev–Trinajstić information content (AvgIpc) is 2.01. The summed E-state index contributed by atoms with van der Waals surface area (Å²) < 4.78 is 0. The largest absolute Gasteiger partial charge is 0.390 e. The zero-order chi connectivity index (χ0) is 9.69. The first-order chi connectivity index (χ1) is 5.92. The minimum Gasteiger partial charge on any atom is -0.390 e. The van der Waals surface area contributed by atoms with Crippen LogP contribution in [0.2, 0.25) is 0 Å². The molecule has 2 rings (SSSR count). The lowest BCUT2D eigenvalue weighted by molar-refractivity contribution is -0.132. The molecule has 0 unspecified atom stereocenters. The van der Waals surface area contributed by atoms with E-state index >= 15 is 0 Å². The molecule has 0 aromatic heterocycles. The molecule has 4 atom stereocenters. The summed E-state index contributed by atoms with van der Waals surface area (Å²) in [6, 6.07) is 0. The number of rotatable bonds is 0. The van der Waals surface area contributed by atoms with Crippen LogP contribution in [-0.4, -0.2) is 21.4 Å². The molecule has 0 aromatic carbocycles. The van der Waals surface area contributed by atoms with Crippen LogP contribution in [0.15, 0.2) is 0 Å². The lowest BCUT2D eigenvalue weighted by atomic mass is 9.60. The molecular formula is C11H20O2. The fraction of sp³-hybridized carbons (Fsp3) is 1.00. The molecule has 0 aromatic rings. The van der Waals surface area contributed by atoms with Crippen LogP contribution in [0.25, 0.3) is 0 Å². The lowest BCUT2D eigenvalue weighted by Gasteiger charge is -2.50. The van der Waals surface area contributed by atoms with E-state index < -0.39 is 11.2 Å². The highest BCUT2D eigenvalue weighted by atomic mass is 16.3. The van der Waals surface area contributed by atoms with Gasteiger partial charge in [0.1, 0.15) is 0 Å². The van der Waals surface area contributed by atoms with Gasteiger partial charge >= 0.3 is 0 Å². The smallest absolute Gasteiger partial charge is 0.0648 e. The number of hydrogen-bond acceptors (Lipinski definition) is 2. The molecule has 0 heterocycles. The Kier molecular flexibility index (Phi) is 1.97. The van der Waals surface area contributed by atoms with E-state index in [0.29, 0.717) is 11.8 Å². The molecule has 2 aliphatic rings. The van der Waals surface area contributed by atoms with Crippen LogP contribution in [0.1, 0.15) is 46.0 Å². The predicted molar refractivity (Wildman–Crippen MR) is 51.3 cm³/mol. The molecule has 2 aliphatic carbocycles. The molecule has 2 heteroatoms. The maximum Gasteiger partial charge on any atom is 0.0648 e. The second kappa shape index (κ2) is 2.71. The Morgan fingerprint density at radius 1 is 0.923 bits per heavy atom. The number of fused-ring (bicyclic) bond motifs is 2. The predicted octanol–water partition coefficient (Wildman–Crippen LogP) is 1.70. The highest BCUT2D eigenvalue weighted by molar-refractivity contribution is 4.99. The van der Waals surface area contributed by atoms with Crippen molar-refractivity contribution in [1.82, 2.24) is 0 Å². The summed E-state index contributed by atoms with van der Waals surface area (Å²) in [5.74, 6) is 0.845. The zero-order valence-electron chi connectivity index (χ0n) is 8.58. The first-order valence-electron chi connectivity index (χ1n) is 5.36. The fourth-order valence-corrected chi connectivity index (χ4v) is 3.05. The topological polar surface area (TPSA) is 40.5 Å². The molecule has 2 N–H and O–H groups in total. The van der Waals surface area contributed by atoms with Crippen molar-refractivity contribution in [2.45, 2.75) is 57.2 Å². The molecule has 0 amide bonds. The van der Waals surface area contributed by atoms with Gasteiger partial charge in [0, 0.05) is 0 Å². The van der Waals surface area contributed by atoms with E-state index in [0.717, 1.165) is 32.1 Å². The second-order valence-electron chi connectivity index (χ2n) is 5.42. The standard InChI is InChI=1S/C11H20O2/c1-10(12)5-3-9-7-8(10)4-6-11(9,2)13/h8-9,12-13H,3-7H2,1-2H3/t8-,9-,10+,11+/m0/s1. The van der Waals surface area contributed by atoms with Crippen molar-refractivity contribution in [2.24, 2.45) is 11.8 Å². The van der Waals surface area contributed by atoms with Gasteiger partial charge in [-0.05, 0) is 57.8 Å². The first-order valence-corrected chi connectivity index (χ1v) is 5.36. The quantitative estimate of drug-likeness (QED) is 0.601. The maximum atomic E-state index is 10.1. The van der Waals surface area contributed by atoms with E-state index in [1.165, 1.54) is 0 Å². The van der Waals surface area contributed by atoms with Gasteiger partial charge in [0.05, 0.1) is 11.2 Å². The van der Waals surface area contributed by atoms with Gasteiger partial charge in [-0.2, -0.15) is 0 Å². The number of aliphatic hydroxyl groups is 2. The average molecular weight is 184 g/mol. The van der Waals surface area contributed by atoms with Crippen LogP contribution in [0, 0.1) is 11.8 Å². The van der Waals surface area contributed by atoms with Crippen molar-refractivity contribution in [3.63, 3.8) is 0 Å². The molecule has 0 radical (unpaired) electrons. The molecule has 2 bridgehead atoms. The van der Waals surface area contributed by atoms with Crippen molar-refractivity contribution in [3.05, 3.63) is 0 Å². The Bertz CT molecular complexity index is 186. The summed E-state index contributed by atoms with van der Waals surface area (Å²) in [5, 5.41) is 20.1. The van der Waals surface area contributed by atoms with Gasteiger partial charge in [-0.15, -0.1) is 0 Å². The van der Waals surface area contributed by atoms with Crippen molar-refractivity contribution in [2.75, 3.05) is 0 Å². The summed E-state index contributed by atoms with van der Waals surface area (Å²) in [5.41, 5.74) is -0.931. The Hall–Kier alpha value is -0.0800.